The van der Waals surface area contributed by atoms with E-state index >= 15 is 0 Å². The summed E-state index contributed by atoms with van der Waals surface area (Å²) in [6.45, 7) is 10.7. The van der Waals surface area contributed by atoms with Crippen molar-refractivity contribution in [2.24, 2.45) is 0 Å². The van der Waals surface area contributed by atoms with Gasteiger partial charge in [0.05, 0.1) is 91.7 Å². The van der Waals surface area contributed by atoms with Gasteiger partial charge in [-0.15, -0.1) is 50.0 Å². The molecule has 0 unspecified atom stereocenters. The van der Waals surface area contributed by atoms with Crippen molar-refractivity contribution in [1.29, 1.82) is 0 Å². The number of anilines is 6. The Kier molecular flexibility index (Phi) is 34.4. The molecule has 0 aliphatic carbocycles. The Bertz CT molecular complexity index is 6560. The summed E-state index contributed by atoms with van der Waals surface area (Å²) in [5.41, 5.74) is 2.49. The number of nitrogens with one attached hydrogen (secondary N) is 6. The molecule has 0 fully saturated rings. The van der Waals surface area contributed by atoms with E-state index in [1.807, 2.05) is 27.7 Å². The van der Waals surface area contributed by atoms with Crippen LogP contribution in [0.5, 0.6) is 0 Å². The highest BCUT2D eigenvalue weighted by Crippen LogP contribution is 2.31. The van der Waals surface area contributed by atoms with E-state index in [2.05, 4.69) is 62.5 Å². The van der Waals surface area contributed by atoms with Crippen molar-refractivity contribution in [2.45, 2.75) is 41.5 Å². The largest absolute Gasteiger partial charge is 0.319 e. The molecule has 12 rings (SSSR count). The Morgan fingerprint density at radius 3 is 0.674 bits per heavy atom. The molecule has 0 atom stereocenters. The van der Waals surface area contributed by atoms with Gasteiger partial charge in [-0.3, -0.25) is 28.8 Å². The van der Waals surface area contributed by atoms with Gasteiger partial charge in [0, 0.05) is 18.2 Å². The third-order valence-corrected chi connectivity index (χ3v) is 23.9. The van der Waals surface area contributed by atoms with E-state index in [0.29, 0.717) is 36.6 Å². The fraction of sp³-hybridized carbons (Fsp3) is 0.167. The highest BCUT2D eigenvalue weighted by atomic mass is 35.5. The average Bonchev–Trinajstić information content (AvgIpc) is 1.65. The van der Waals surface area contributed by atoms with Crippen molar-refractivity contribution >= 4 is 223 Å². The predicted molar refractivity (Wildman–Crippen MR) is 469 cm³/mol. The first-order valence-corrected chi connectivity index (χ1v) is 48.8. The van der Waals surface area contributed by atoms with E-state index in [1.54, 1.807) is 80.6 Å². The third kappa shape index (κ3) is 28.0. The molecule has 6 aromatic carbocycles. The van der Waals surface area contributed by atoms with Gasteiger partial charge in [-0.25, -0.2) is 72.5 Å². The van der Waals surface area contributed by atoms with E-state index in [9.17, 15) is 110 Å². The molecule has 0 aliphatic rings. The molecule has 12 aromatic rings. The summed E-state index contributed by atoms with van der Waals surface area (Å²) in [5.74, 6) is -12.7. The van der Waals surface area contributed by atoms with Gasteiger partial charge in [0.25, 0.3) is 95.6 Å². The number of carbonyl (C=O) groups excluding carboxylic acids is 6. The maximum Gasteiger partial charge on any atom is 0.279 e. The van der Waals surface area contributed by atoms with E-state index < -0.39 is 169 Å². The fourth-order valence-corrected chi connectivity index (χ4v) is 16.4. The standard InChI is InChI=1S/2C12H10Cl2FN3O3S.C12H10ClF2N3O3S.3C12H11ClFN3O3S/c2*1-6-3-4-8(7(13)5-6)16-12(19)10-9(15)11(14)18(17-10)22(2,20)21;1-6-3-4-8(7(14)5-6)16-12(19)10-9(15)11(13)18(17-10)22(2,20)21;1-7-3-4-9(8(14)5-7)15-12(18)10-6-11(13)17(16-10)21(2,19)20;2*1-7-3-4-9(8(13)5-7)15-12(18)10-6-11(14)17(16-10)21(2,19)20/h3*3-5H,1-2H3,(H,16,19);3*3-6H,1-2H3,(H,15,18). The number of hydrogen-bond acceptors (Lipinski definition) is 24. The monoisotopic (exact) mass is 2070 g/mol. The lowest BCUT2D eigenvalue weighted by Crippen LogP contribution is -2.17. The molecule has 0 aliphatic heterocycles. The van der Waals surface area contributed by atoms with Crippen molar-refractivity contribution in [3.8, 4) is 0 Å². The molecule has 36 nitrogen and oxygen atoms in total. The molecule has 0 saturated heterocycles. The van der Waals surface area contributed by atoms with Gasteiger partial charge in [0.2, 0.25) is 11.9 Å². The Hall–Kier alpha value is -11.1. The number of hydrogen-bond donors (Lipinski definition) is 6. The smallest absolute Gasteiger partial charge is 0.279 e. The lowest BCUT2D eigenvalue weighted by atomic mass is 10.2. The van der Waals surface area contributed by atoms with Crippen LogP contribution >= 0.6 is 92.8 Å². The Balaban J connectivity index is 0.000000212. The second-order valence-corrected chi connectivity index (χ2v) is 40.6. The second-order valence-electron chi connectivity index (χ2n) is 26.7. The second kappa shape index (κ2) is 42.2. The number of nitrogens with zero attached hydrogens (tertiary/aromatic N) is 12. The zero-order chi connectivity index (χ0) is 97.3. The molecule has 57 heteroatoms. The number of halogens is 15. The minimum atomic E-state index is -3.98. The lowest BCUT2D eigenvalue weighted by molar-refractivity contribution is 0.101. The Labute approximate surface area is 769 Å². The van der Waals surface area contributed by atoms with Crippen LogP contribution in [-0.4, -0.2) is 179 Å². The van der Waals surface area contributed by atoms with Crippen molar-refractivity contribution in [3.63, 3.8) is 0 Å². The molecular weight excluding hydrogens is 2010 g/mol. The lowest BCUT2D eigenvalue weighted by Gasteiger charge is -2.06. The summed E-state index contributed by atoms with van der Waals surface area (Å²) in [6, 6.07) is 30.4. The first kappa shape index (κ1) is 105. The minimum absolute atomic E-state index is 0.0318. The van der Waals surface area contributed by atoms with Gasteiger partial charge in [-0.2, -0.15) is 13.9 Å². The average molecular weight is 2080 g/mol. The normalized spacial score (nSPS) is 11.5. The van der Waals surface area contributed by atoms with Gasteiger partial charge in [-0.05, 0) is 148 Å². The Morgan fingerprint density at radius 1 is 0.264 bits per heavy atom. The molecule has 6 aromatic heterocycles. The summed E-state index contributed by atoms with van der Waals surface area (Å²) in [6.07, 6.45) is 4.76. The van der Waals surface area contributed by atoms with Crippen molar-refractivity contribution in [3.05, 3.63) is 277 Å². The highest BCUT2D eigenvalue weighted by molar-refractivity contribution is 7.90. The molecule has 0 radical (unpaired) electrons. The van der Waals surface area contributed by atoms with Crippen molar-refractivity contribution < 1.29 is 110 Å². The van der Waals surface area contributed by atoms with E-state index in [4.69, 9.17) is 92.8 Å². The molecule has 0 bridgehead atoms. The number of benzene rings is 6. The molecule has 690 valence electrons. The number of amides is 6. The topological polar surface area (TPSA) is 486 Å². The van der Waals surface area contributed by atoms with Crippen LogP contribution in [-0.2, 0) is 60.1 Å². The number of aromatic nitrogens is 12. The summed E-state index contributed by atoms with van der Waals surface area (Å²) in [5, 5.41) is 33.0. The van der Waals surface area contributed by atoms with Crippen LogP contribution in [0.1, 0.15) is 96.3 Å². The molecule has 6 N–H and O–H groups in total. The van der Waals surface area contributed by atoms with Gasteiger partial charge in [0.15, 0.2) is 67.1 Å². The van der Waals surface area contributed by atoms with Gasteiger partial charge in [0.1, 0.15) is 16.8 Å². The van der Waals surface area contributed by atoms with Gasteiger partial charge < -0.3 is 31.9 Å². The van der Waals surface area contributed by atoms with Crippen molar-refractivity contribution in [1.82, 2.24) is 55.1 Å². The number of rotatable bonds is 18. The fourth-order valence-electron chi connectivity index (χ4n) is 9.67. The van der Waals surface area contributed by atoms with E-state index in [1.165, 1.54) is 42.5 Å². The van der Waals surface area contributed by atoms with Crippen LogP contribution in [0.15, 0.2) is 127 Å². The third-order valence-electron chi connectivity index (χ3n) is 15.6. The first-order valence-electron chi connectivity index (χ1n) is 34.6. The molecule has 0 saturated carbocycles. The predicted octanol–water partition coefficient (Wildman–Crippen LogP) is 13.7. The molecule has 6 amide bonds. The molecule has 0 spiro atoms. The van der Waals surface area contributed by atoms with Crippen LogP contribution < -0.4 is 31.9 Å². The summed E-state index contributed by atoms with van der Waals surface area (Å²) in [7, 11) is -23.4. The van der Waals surface area contributed by atoms with Crippen LogP contribution in [0.3, 0.4) is 0 Å². The molecule has 6 heterocycles. The maximum absolute atomic E-state index is 13.9. The van der Waals surface area contributed by atoms with Gasteiger partial charge >= 0.3 is 0 Å². The maximum atomic E-state index is 13.9. The van der Waals surface area contributed by atoms with Crippen molar-refractivity contribution in [2.75, 3.05) is 69.4 Å². The summed E-state index contributed by atoms with van der Waals surface area (Å²) < 4.78 is 233. The minimum Gasteiger partial charge on any atom is -0.319 e. The SMILES string of the molecule is Cc1ccc(NC(=O)c2cc(Cl)n(S(C)(=O)=O)n2)c(F)c1.Cc1ccc(NC(=O)c2cc(F)n(S(C)(=O)=O)n2)c(Cl)c1.Cc1ccc(NC(=O)c2cc(F)n(S(C)(=O)=O)n2)c(Cl)c1.Cc1ccc(NC(=O)c2nn(S(C)(=O)=O)c(Cl)c2F)c(Cl)c1.Cc1ccc(NC(=O)c2nn(S(C)(=O)=O)c(Cl)c2F)c(Cl)c1.Cc1ccc(NC(=O)c2nn(S(C)(=O)=O)c(Cl)c2F)c(F)c1. The number of aryl methyl sites for hydroxylation is 6. The van der Waals surface area contributed by atoms with E-state index in [0.717, 1.165) is 78.0 Å². The van der Waals surface area contributed by atoms with Crippen LogP contribution in [0, 0.1) is 82.5 Å². The summed E-state index contributed by atoms with van der Waals surface area (Å²) in [4.78, 5) is 71.8. The quantitative estimate of drug-likeness (QED) is 0.0434. The van der Waals surface area contributed by atoms with Crippen LogP contribution in [0.4, 0.5) is 64.9 Å². The number of carbonyl (C=O) groups is 6. The van der Waals surface area contributed by atoms with Crippen LogP contribution in [0.25, 0.3) is 0 Å². The molecular formula is C72H63Cl8F7N18O18S6. The highest BCUT2D eigenvalue weighted by Gasteiger charge is 2.32. The first-order chi connectivity index (χ1) is 59.4. The zero-order valence-corrected chi connectivity index (χ0v) is 78.4. The molecule has 129 heavy (non-hydrogen) atoms. The summed E-state index contributed by atoms with van der Waals surface area (Å²) >= 11 is 46.1. The zero-order valence-electron chi connectivity index (χ0n) is 67.5. The Morgan fingerprint density at radius 2 is 0.465 bits per heavy atom. The van der Waals surface area contributed by atoms with Gasteiger partial charge in [-0.1, -0.05) is 129 Å². The van der Waals surface area contributed by atoms with E-state index in [-0.39, 0.29) is 75.5 Å². The van der Waals surface area contributed by atoms with Crippen LogP contribution in [0.2, 0.25) is 40.7 Å².